The molecular weight excluding hydrogens is 410 g/mol. The maximum atomic E-state index is 12.0. The fourth-order valence-corrected chi connectivity index (χ4v) is 4.31. The molecule has 0 saturated heterocycles. The first kappa shape index (κ1) is 19.5. The highest BCUT2D eigenvalue weighted by atomic mass is 35.5. The molecule has 3 aromatic rings. The van der Waals surface area contributed by atoms with Gasteiger partial charge in [0.1, 0.15) is 11.9 Å². The third-order valence-corrected chi connectivity index (χ3v) is 6.08. The monoisotopic (exact) mass is 427 g/mol. The van der Waals surface area contributed by atoms with Crippen molar-refractivity contribution in [1.82, 2.24) is 5.32 Å². The van der Waals surface area contributed by atoms with Gasteiger partial charge >= 0.3 is 0 Å². The molecule has 1 N–H and O–H groups in total. The van der Waals surface area contributed by atoms with Crippen LogP contribution in [0.25, 0.3) is 16.5 Å². The van der Waals surface area contributed by atoms with E-state index in [-0.39, 0.29) is 17.8 Å². The minimum Gasteiger partial charge on any atom is -0.486 e. The summed E-state index contributed by atoms with van der Waals surface area (Å²) in [4.78, 5) is 25.2. The molecule has 5 nitrogen and oxygen atoms in total. The van der Waals surface area contributed by atoms with Gasteiger partial charge in [-0.2, -0.15) is 0 Å². The number of ether oxygens (including phenoxy) is 1. The van der Waals surface area contributed by atoms with Crippen molar-refractivity contribution in [3.63, 3.8) is 0 Å². The first-order valence-corrected chi connectivity index (χ1v) is 10.3. The van der Waals surface area contributed by atoms with Crippen molar-refractivity contribution in [2.45, 2.75) is 19.4 Å². The topological polar surface area (TPSA) is 68.5 Å². The number of halogens is 1. The summed E-state index contributed by atoms with van der Waals surface area (Å²) in [6, 6.07) is 9.42. The zero-order valence-electron chi connectivity index (χ0n) is 15.6. The molecule has 148 valence electrons. The number of hydrogen-bond acceptors (Lipinski definition) is 5. The van der Waals surface area contributed by atoms with E-state index >= 15 is 0 Å². The molecule has 1 unspecified atom stereocenters. The second-order valence-electron chi connectivity index (χ2n) is 6.75. The molecular formula is C22H18ClNO4S. The van der Waals surface area contributed by atoms with Crippen LogP contribution in [-0.2, 0) is 11.2 Å². The van der Waals surface area contributed by atoms with Crippen LogP contribution in [-0.4, -0.2) is 24.3 Å². The number of carbonyl (C=O) groups excluding carboxylic acids is 2. The summed E-state index contributed by atoms with van der Waals surface area (Å²) in [6.45, 7) is 1.94. The standard InChI is InChI=1S/C22H18ClNO4S/c1-13(25)19-3-4-20(29-19)15-8-16-9-17(28-22(16)18(23)10-15)11-24-21(26)5-2-14-6-7-27-12-14/h2-8,10,12,17H,9,11H2,1H3,(H,24,26)/b5-2+. The molecule has 0 radical (unpaired) electrons. The van der Waals surface area contributed by atoms with Gasteiger partial charge in [-0.1, -0.05) is 11.6 Å². The lowest BCUT2D eigenvalue weighted by atomic mass is 10.1. The summed E-state index contributed by atoms with van der Waals surface area (Å²) in [7, 11) is 0. The van der Waals surface area contributed by atoms with Gasteiger partial charge in [-0.25, -0.2) is 0 Å². The molecule has 1 aromatic carbocycles. The van der Waals surface area contributed by atoms with Crippen molar-refractivity contribution in [2.75, 3.05) is 6.54 Å². The van der Waals surface area contributed by atoms with Crippen LogP contribution in [0.1, 0.15) is 27.7 Å². The van der Waals surface area contributed by atoms with E-state index in [1.807, 2.05) is 24.3 Å². The maximum absolute atomic E-state index is 12.0. The highest BCUT2D eigenvalue weighted by molar-refractivity contribution is 7.17. The van der Waals surface area contributed by atoms with Gasteiger partial charge in [0.25, 0.3) is 0 Å². The van der Waals surface area contributed by atoms with Crippen molar-refractivity contribution in [2.24, 2.45) is 0 Å². The predicted molar refractivity (Wildman–Crippen MR) is 114 cm³/mol. The summed E-state index contributed by atoms with van der Waals surface area (Å²) in [5.41, 5.74) is 2.78. The highest BCUT2D eigenvalue weighted by Gasteiger charge is 2.26. The normalized spacial score (nSPS) is 15.3. The van der Waals surface area contributed by atoms with E-state index in [9.17, 15) is 9.59 Å². The highest BCUT2D eigenvalue weighted by Crippen LogP contribution is 2.41. The molecule has 0 aliphatic carbocycles. The molecule has 29 heavy (non-hydrogen) atoms. The van der Waals surface area contributed by atoms with Gasteiger partial charge in [-0.15, -0.1) is 11.3 Å². The van der Waals surface area contributed by atoms with Gasteiger partial charge in [0, 0.05) is 28.5 Å². The summed E-state index contributed by atoms with van der Waals surface area (Å²) in [5.74, 6) is 0.509. The van der Waals surface area contributed by atoms with Crippen LogP contribution in [0.5, 0.6) is 5.75 Å². The fourth-order valence-electron chi connectivity index (χ4n) is 3.14. The zero-order chi connectivity index (χ0) is 20.4. The van der Waals surface area contributed by atoms with Crippen LogP contribution in [0, 0.1) is 0 Å². The Bertz CT molecular complexity index is 1080. The van der Waals surface area contributed by atoms with Crippen LogP contribution >= 0.6 is 22.9 Å². The molecule has 1 atom stereocenters. The van der Waals surface area contributed by atoms with Crippen LogP contribution in [0.15, 0.2) is 53.4 Å². The lowest BCUT2D eigenvalue weighted by Gasteiger charge is -2.11. The molecule has 1 aliphatic heterocycles. The first-order valence-electron chi connectivity index (χ1n) is 9.08. The number of furan rings is 1. The lowest BCUT2D eigenvalue weighted by molar-refractivity contribution is -0.116. The number of benzene rings is 1. The SMILES string of the molecule is CC(=O)c1ccc(-c2cc(Cl)c3c(c2)CC(CNC(=O)/C=C/c2ccoc2)O3)s1. The van der Waals surface area contributed by atoms with Crippen molar-refractivity contribution >= 4 is 40.7 Å². The molecule has 0 fully saturated rings. The van der Waals surface area contributed by atoms with E-state index in [0.29, 0.717) is 23.7 Å². The van der Waals surface area contributed by atoms with Crippen LogP contribution in [0.2, 0.25) is 5.02 Å². The van der Waals surface area contributed by atoms with Crippen molar-refractivity contribution < 1.29 is 18.7 Å². The van der Waals surface area contributed by atoms with Gasteiger partial charge in [-0.3, -0.25) is 9.59 Å². The first-order chi connectivity index (χ1) is 14.0. The van der Waals surface area contributed by atoms with Gasteiger partial charge < -0.3 is 14.5 Å². The smallest absolute Gasteiger partial charge is 0.244 e. The van der Waals surface area contributed by atoms with E-state index in [1.54, 1.807) is 31.6 Å². The van der Waals surface area contributed by atoms with Gasteiger partial charge in [0.05, 0.1) is 29.0 Å². The summed E-state index contributed by atoms with van der Waals surface area (Å²) in [6.07, 6.45) is 6.73. The Balaban J connectivity index is 1.40. The van der Waals surface area contributed by atoms with E-state index in [2.05, 4.69) is 5.32 Å². The molecule has 2 aromatic heterocycles. The molecule has 0 saturated carbocycles. The number of thiophene rings is 1. The number of carbonyl (C=O) groups is 2. The van der Waals surface area contributed by atoms with E-state index in [0.717, 1.165) is 26.4 Å². The van der Waals surface area contributed by atoms with Gasteiger partial charge in [-0.05, 0) is 48.9 Å². The number of fused-ring (bicyclic) bond motifs is 1. The molecule has 3 heterocycles. The largest absolute Gasteiger partial charge is 0.486 e. The average Bonchev–Trinajstić information content (AvgIpc) is 3.44. The van der Waals surface area contributed by atoms with Crippen LogP contribution in [0.3, 0.4) is 0 Å². The minimum absolute atomic E-state index is 0.0504. The van der Waals surface area contributed by atoms with Crippen LogP contribution < -0.4 is 10.1 Å². The Morgan fingerprint density at radius 3 is 2.90 bits per heavy atom. The third-order valence-electron chi connectivity index (χ3n) is 4.56. The molecule has 0 bridgehead atoms. The van der Waals surface area contributed by atoms with E-state index in [4.69, 9.17) is 20.8 Å². The predicted octanol–water partition coefficient (Wildman–Crippen LogP) is 5.00. The number of nitrogens with one attached hydrogen (secondary N) is 1. The lowest BCUT2D eigenvalue weighted by Crippen LogP contribution is -2.33. The molecule has 1 aliphatic rings. The Kier molecular flexibility index (Phi) is 5.56. The fraction of sp³-hybridized carbons (Fsp3) is 0.182. The number of Topliss-reactive ketones (excluding diaryl/α,β-unsaturated/α-hetero) is 1. The summed E-state index contributed by atoms with van der Waals surface area (Å²) >= 11 is 7.88. The van der Waals surface area contributed by atoms with E-state index in [1.165, 1.54) is 17.4 Å². The van der Waals surface area contributed by atoms with Crippen LogP contribution in [0.4, 0.5) is 0 Å². The molecule has 0 spiro atoms. The Morgan fingerprint density at radius 1 is 1.31 bits per heavy atom. The Hall–Kier alpha value is -2.83. The molecule has 4 rings (SSSR count). The number of hydrogen-bond donors (Lipinski definition) is 1. The zero-order valence-corrected chi connectivity index (χ0v) is 17.2. The number of amides is 1. The maximum Gasteiger partial charge on any atom is 0.244 e. The van der Waals surface area contributed by atoms with E-state index < -0.39 is 0 Å². The Labute approximate surface area is 176 Å². The Morgan fingerprint density at radius 2 is 2.17 bits per heavy atom. The van der Waals surface area contributed by atoms with Crippen molar-refractivity contribution in [3.8, 4) is 16.2 Å². The molecule has 7 heteroatoms. The third kappa shape index (κ3) is 4.44. The minimum atomic E-state index is -0.201. The van der Waals surface area contributed by atoms with Crippen molar-refractivity contribution in [3.05, 3.63) is 70.0 Å². The summed E-state index contributed by atoms with van der Waals surface area (Å²) < 4.78 is 10.9. The average molecular weight is 428 g/mol. The second-order valence-corrected chi connectivity index (χ2v) is 8.24. The van der Waals surface area contributed by atoms with Gasteiger partial charge in [0.2, 0.25) is 5.91 Å². The second kappa shape index (κ2) is 8.27. The summed E-state index contributed by atoms with van der Waals surface area (Å²) in [5, 5.41) is 3.38. The number of ketones is 1. The quantitative estimate of drug-likeness (QED) is 0.444. The van der Waals surface area contributed by atoms with Gasteiger partial charge in [0.15, 0.2) is 5.78 Å². The molecule has 1 amide bonds. The number of rotatable bonds is 6. The van der Waals surface area contributed by atoms with Crippen molar-refractivity contribution in [1.29, 1.82) is 0 Å².